The van der Waals surface area contributed by atoms with Crippen LogP contribution in [0.25, 0.3) is 0 Å². The largest absolute Gasteiger partial charge is 0.349 e. The Labute approximate surface area is 78.7 Å². The molecule has 2 N–H and O–H groups in total. The van der Waals surface area contributed by atoms with Gasteiger partial charge in [-0.25, -0.2) is 0 Å². The highest BCUT2D eigenvalue weighted by Crippen LogP contribution is 2.04. The zero-order valence-corrected chi connectivity index (χ0v) is 8.86. The summed E-state index contributed by atoms with van der Waals surface area (Å²) in [5.41, 5.74) is 5.55. The molecule has 0 bridgehead atoms. The van der Waals surface area contributed by atoms with Crippen LogP contribution in [0, 0.1) is 0 Å². The molecule has 0 aliphatic carbocycles. The molecule has 72 valence electrons. The van der Waals surface area contributed by atoms with Crippen molar-refractivity contribution >= 4 is 17.7 Å². The van der Waals surface area contributed by atoms with Gasteiger partial charge in [0.25, 0.3) is 0 Å². The molecule has 0 aliphatic rings. The minimum Gasteiger partial charge on any atom is -0.349 e. The Morgan fingerprint density at radius 2 is 2.17 bits per heavy atom. The maximum atomic E-state index is 11.1. The van der Waals surface area contributed by atoms with Gasteiger partial charge in [-0.15, -0.1) is 0 Å². The highest BCUT2D eigenvalue weighted by atomic mass is 32.2. The first-order chi connectivity index (χ1) is 5.54. The van der Waals surface area contributed by atoms with Crippen molar-refractivity contribution < 1.29 is 4.79 Å². The number of thioether (sulfide) groups is 1. The van der Waals surface area contributed by atoms with Crippen LogP contribution in [0.1, 0.15) is 13.3 Å². The molecule has 0 radical (unpaired) electrons. The summed E-state index contributed by atoms with van der Waals surface area (Å²) in [5, 5.41) is 0. The predicted molar refractivity (Wildman–Crippen MR) is 54.3 cm³/mol. The molecular formula is C8H18N2OS. The molecular weight excluding hydrogens is 172 g/mol. The van der Waals surface area contributed by atoms with Crippen molar-refractivity contribution in [1.82, 2.24) is 4.90 Å². The number of nitrogens with zero attached hydrogens (tertiary/aromatic N) is 1. The minimum absolute atomic E-state index is 0.187. The first-order valence-electron chi connectivity index (χ1n) is 4.07. The van der Waals surface area contributed by atoms with Gasteiger partial charge in [0.1, 0.15) is 0 Å². The second-order valence-corrected chi connectivity index (χ2v) is 4.24. The van der Waals surface area contributed by atoms with Gasteiger partial charge in [-0.05, 0) is 6.92 Å². The summed E-state index contributed by atoms with van der Waals surface area (Å²) < 4.78 is 0. The van der Waals surface area contributed by atoms with Gasteiger partial charge in [0.05, 0.1) is 0 Å². The lowest BCUT2D eigenvalue weighted by Gasteiger charge is -2.09. The Kier molecular flexibility index (Phi) is 6.20. The van der Waals surface area contributed by atoms with Gasteiger partial charge in [0.2, 0.25) is 5.91 Å². The molecule has 1 atom stereocenters. The van der Waals surface area contributed by atoms with E-state index in [0.717, 1.165) is 11.5 Å². The summed E-state index contributed by atoms with van der Waals surface area (Å²) in [6.07, 6.45) is 0.615. The number of hydrogen-bond acceptors (Lipinski definition) is 3. The summed E-state index contributed by atoms with van der Waals surface area (Å²) in [7, 11) is 3.55. The highest BCUT2D eigenvalue weighted by Gasteiger charge is 2.03. The maximum Gasteiger partial charge on any atom is 0.222 e. The van der Waals surface area contributed by atoms with Gasteiger partial charge < -0.3 is 10.6 Å². The zero-order chi connectivity index (χ0) is 9.56. The molecule has 0 saturated heterocycles. The molecule has 12 heavy (non-hydrogen) atoms. The van der Waals surface area contributed by atoms with Gasteiger partial charge in [0, 0.05) is 38.1 Å². The van der Waals surface area contributed by atoms with E-state index >= 15 is 0 Å². The fourth-order valence-corrected chi connectivity index (χ4v) is 1.51. The van der Waals surface area contributed by atoms with Crippen LogP contribution in [0.4, 0.5) is 0 Å². The molecule has 0 aromatic carbocycles. The van der Waals surface area contributed by atoms with Crippen LogP contribution < -0.4 is 5.73 Å². The van der Waals surface area contributed by atoms with Crippen molar-refractivity contribution in [3.05, 3.63) is 0 Å². The number of carbonyl (C=O) groups is 1. The normalized spacial score (nSPS) is 12.7. The second-order valence-electron chi connectivity index (χ2n) is 3.09. The molecule has 0 aliphatic heterocycles. The summed E-state index contributed by atoms with van der Waals surface area (Å²) in [6.45, 7) is 1.97. The Morgan fingerprint density at radius 1 is 1.58 bits per heavy atom. The van der Waals surface area contributed by atoms with E-state index in [4.69, 9.17) is 5.73 Å². The number of rotatable bonds is 5. The van der Waals surface area contributed by atoms with E-state index in [1.165, 1.54) is 0 Å². The van der Waals surface area contributed by atoms with Gasteiger partial charge in [-0.3, -0.25) is 4.79 Å². The van der Waals surface area contributed by atoms with Gasteiger partial charge >= 0.3 is 0 Å². The van der Waals surface area contributed by atoms with Crippen molar-refractivity contribution in [2.45, 2.75) is 19.4 Å². The fourth-order valence-electron chi connectivity index (χ4n) is 0.652. The summed E-state index contributed by atoms with van der Waals surface area (Å²) in [5.74, 6) is 1.99. The monoisotopic (exact) mass is 190 g/mol. The molecule has 1 unspecified atom stereocenters. The van der Waals surface area contributed by atoms with Crippen molar-refractivity contribution in [1.29, 1.82) is 0 Å². The molecule has 1 amide bonds. The van der Waals surface area contributed by atoms with E-state index in [9.17, 15) is 4.79 Å². The van der Waals surface area contributed by atoms with E-state index in [-0.39, 0.29) is 11.9 Å². The Hall–Kier alpha value is -0.220. The molecule has 4 heteroatoms. The third kappa shape index (κ3) is 6.49. The predicted octanol–water partition coefficient (Wildman–Crippen LogP) is 0.545. The van der Waals surface area contributed by atoms with E-state index < -0.39 is 0 Å². The molecule has 0 fully saturated rings. The number of nitrogens with two attached hydrogens (primary N) is 1. The van der Waals surface area contributed by atoms with Crippen LogP contribution in [0.5, 0.6) is 0 Å². The SMILES string of the molecule is CC(N)CSCCC(=O)N(C)C. The summed E-state index contributed by atoms with van der Waals surface area (Å²) in [4.78, 5) is 12.7. The van der Waals surface area contributed by atoms with Crippen molar-refractivity contribution in [2.75, 3.05) is 25.6 Å². The van der Waals surface area contributed by atoms with Crippen LogP contribution in [-0.4, -0.2) is 42.4 Å². The lowest BCUT2D eigenvalue weighted by Crippen LogP contribution is -2.22. The van der Waals surface area contributed by atoms with E-state index in [2.05, 4.69) is 0 Å². The van der Waals surface area contributed by atoms with Crippen molar-refractivity contribution in [2.24, 2.45) is 5.73 Å². The quantitative estimate of drug-likeness (QED) is 0.644. The lowest BCUT2D eigenvalue weighted by molar-refractivity contribution is -0.128. The number of carbonyl (C=O) groups excluding carboxylic acids is 1. The fraction of sp³-hybridized carbons (Fsp3) is 0.875. The summed E-state index contributed by atoms with van der Waals surface area (Å²) in [6, 6.07) is 0.226. The molecule has 0 heterocycles. The molecule has 0 aromatic heterocycles. The van der Waals surface area contributed by atoms with Gasteiger partial charge in [-0.2, -0.15) is 11.8 Å². The Morgan fingerprint density at radius 3 is 2.58 bits per heavy atom. The maximum absolute atomic E-state index is 11.1. The van der Waals surface area contributed by atoms with Crippen molar-refractivity contribution in [3.8, 4) is 0 Å². The third-order valence-corrected chi connectivity index (χ3v) is 2.59. The topological polar surface area (TPSA) is 46.3 Å². The third-order valence-electron chi connectivity index (χ3n) is 1.34. The average molecular weight is 190 g/mol. The highest BCUT2D eigenvalue weighted by molar-refractivity contribution is 7.99. The lowest BCUT2D eigenvalue weighted by atomic mass is 10.4. The van der Waals surface area contributed by atoms with Crippen LogP contribution in [0.3, 0.4) is 0 Å². The second kappa shape index (κ2) is 6.31. The first kappa shape index (κ1) is 11.8. The summed E-state index contributed by atoms with van der Waals surface area (Å²) >= 11 is 1.73. The number of hydrogen-bond donors (Lipinski definition) is 1. The van der Waals surface area contributed by atoms with Crippen molar-refractivity contribution in [3.63, 3.8) is 0 Å². The minimum atomic E-state index is 0.187. The molecule has 0 spiro atoms. The first-order valence-corrected chi connectivity index (χ1v) is 5.23. The zero-order valence-electron chi connectivity index (χ0n) is 8.04. The van der Waals surface area contributed by atoms with E-state index in [1.807, 2.05) is 6.92 Å². The molecule has 0 aromatic rings. The Bertz CT molecular complexity index is 137. The van der Waals surface area contributed by atoms with Crippen LogP contribution in [-0.2, 0) is 4.79 Å². The van der Waals surface area contributed by atoms with E-state index in [0.29, 0.717) is 6.42 Å². The van der Waals surface area contributed by atoms with Gasteiger partial charge in [0.15, 0.2) is 0 Å². The Balaban J connectivity index is 3.26. The van der Waals surface area contributed by atoms with Crippen LogP contribution >= 0.6 is 11.8 Å². The van der Waals surface area contributed by atoms with Gasteiger partial charge in [-0.1, -0.05) is 0 Å². The molecule has 0 saturated carbocycles. The van der Waals surface area contributed by atoms with Crippen LogP contribution in [0.15, 0.2) is 0 Å². The molecule has 0 rings (SSSR count). The smallest absolute Gasteiger partial charge is 0.222 e. The number of amides is 1. The average Bonchev–Trinajstić information content (AvgIpc) is 1.97. The molecule has 3 nitrogen and oxygen atoms in total. The standard InChI is InChI=1S/C8H18N2OS/c1-7(9)6-12-5-4-8(11)10(2)3/h7H,4-6,9H2,1-3H3. The van der Waals surface area contributed by atoms with E-state index in [1.54, 1.807) is 30.8 Å². The van der Waals surface area contributed by atoms with Crippen LogP contribution in [0.2, 0.25) is 0 Å².